The van der Waals surface area contributed by atoms with Crippen molar-refractivity contribution >= 4 is 28.8 Å². The molecule has 2 aromatic carbocycles. The van der Waals surface area contributed by atoms with Gasteiger partial charge in [0.05, 0.1) is 29.0 Å². The number of aromatic nitrogens is 2. The van der Waals surface area contributed by atoms with Crippen LogP contribution in [-0.4, -0.2) is 38.2 Å². The van der Waals surface area contributed by atoms with E-state index in [1.54, 1.807) is 23.6 Å². The average molecular weight is 989 g/mol. The van der Waals surface area contributed by atoms with Crippen molar-refractivity contribution in [2.45, 2.75) is 228 Å². The molecule has 4 atom stereocenters. The van der Waals surface area contributed by atoms with Gasteiger partial charge in [0.2, 0.25) is 0 Å². The van der Waals surface area contributed by atoms with Gasteiger partial charge in [-0.1, -0.05) is 112 Å². The van der Waals surface area contributed by atoms with E-state index < -0.39 is 11.6 Å². The zero-order valence-corrected chi connectivity index (χ0v) is 45.4. The summed E-state index contributed by atoms with van der Waals surface area (Å²) < 4.78 is 25.6. The summed E-state index contributed by atoms with van der Waals surface area (Å²) in [6, 6.07) is 7.14. The second kappa shape index (κ2) is 23.9. The second-order valence-corrected chi connectivity index (χ2v) is 22.5. The zero-order chi connectivity index (χ0) is 51.9. The Balaban J connectivity index is 0.813. The number of pyridine rings is 2. The van der Waals surface area contributed by atoms with Crippen molar-refractivity contribution in [3.05, 3.63) is 79.1 Å². The molecule has 3 aliphatic rings. The minimum atomic E-state index is -1.89. The molecule has 11 nitrogen and oxygen atoms in total. The van der Waals surface area contributed by atoms with Crippen LogP contribution in [0.4, 0.5) is 0 Å². The summed E-state index contributed by atoms with van der Waals surface area (Å²) in [5, 5.41) is 12.1. The molecule has 1 unspecified atom stereocenters. The third-order valence-corrected chi connectivity index (χ3v) is 16.4. The lowest BCUT2D eigenvalue weighted by molar-refractivity contribution is -0.172. The van der Waals surface area contributed by atoms with E-state index >= 15 is 0 Å². The summed E-state index contributed by atoms with van der Waals surface area (Å²) in [5.41, 5.74) is 6.26. The van der Waals surface area contributed by atoms with E-state index in [-0.39, 0.29) is 47.3 Å². The first-order chi connectivity index (χ1) is 34.4. The first kappa shape index (κ1) is 54.7. The summed E-state index contributed by atoms with van der Waals surface area (Å²) in [6.07, 6.45) is 20.0. The van der Waals surface area contributed by atoms with Crippen LogP contribution in [-0.2, 0) is 50.7 Å². The van der Waals surface area contributed by atoms with E-state index in [0.29, 0.717) is 60.6 Å². The van der Waals surface area contributed by atoms with Crippen molar-refractivity contribution < 1.29 is 38.4 Å². The summed E-state index contributed by atoms with van der Waals surface area (Å²) in [4.78, 5) is 57.4. The molecule has 2 aromatic heterocycles. The van der Waals surface area contributed by atoms with Crippen molar-refractivity contribution in [3.8, 4) is 28.6 Å². The van der Waals surface area contributed by atoms with Gasteiger partial charge < -0.3 is 28.6 Å². The fourth-order valence-corrected chi connectivity index (χ4v) is 11.6. The second-order valence-electron chi connectivity index (χ2n) is 22.5. The number of cyclic esters (lactones) is 1. The number of hydrogen-bond acceptors (Lipinski definition) is 10. The highest BCUT2D eigenvalue weighted by molar-refractivity contribution is 5.90. The van der Waals surface area contributed by atoms with Crippen molar-refractivity contribution in [2.24, 2.45) is 17.8 Å². The van der Waals surface area contributed by atoms with Crippen LogP contribution in [0.1, 0.15) is 215 Å². The van der Waals surface area contributed by atoms with Gasteiger partial charge >= 0.3 is 17.9 Å². The van der Waals surface area contributed by atoms with Gasteiger partial charge in [0.1, 0.15) is 29.5 Å². The van der Waals surface area contributed by atoms with Gasteiger partial charge in [-0.05, 0) is 143 Å². The monoisotopic (exact) mass is 989 g/mol. The highest BCUT2D eigenvalue weighted by atomic mass is 16.6. The molecule has 5 heterocycles. The number of aryl methyl sites for hydroxylation is 1. The van der Waals surface area contributed by atoms with E-state index in [2.05, 4.69) is 48.5 Å². The predicted molar refractivity (Wildman–Crippen MR) is 285 cm³/mol. The fourth-order valence-electron chi connectivity index (χ4n) is 11.6. The molecular formula is C61H84N2O9. The number of carbonyl (C=O) groups is 3. The number of hydrogen-bond donors (Lipinski definition) is 1. The van der Waals surface area contributed by atoms with Crippen LogP contribution >= 0.6 is 0 Å². The van der Waals surface area contributed by atoms with Crippen LogP contribution in [0.5, 0.6) is 17.2 Å². The van der Waals surface area contributed by atoms with Crippen LogP contribution in [0.15, 0.2) is 29.1 Å². The van der Waals surface area contributed by atoms with Crippen LogP contribution in [0.25, 0.3) is 22.3 Å². The molecule has 0 saturated heterocycles. The molecule has 1 N–H and O–H groups in total. The molecule has 0 aliphatic carbocycles. The van der Waals surface area contributed by atoms with Gasteiger partial charge in [-0.3, -0.25) is 14.4 Å². The minimum absolute atomic E-state index is 0.0766. The zero-order valence-electron chi connectivity index (χ0n) is 45.4. The molecule has 7 rings (SSSR count). The van der Waals surface area contributed by atoms with Gasteiger partial charge in [0.15, 0.2) is 5.60 Å². The lowest BCUT2D eigenvalue weighted by Crippen LogP contribution is -2.44. The first-order valence-corrected chi connectivity index (χ1v) is 27.7. The average Bonchev–Trinajstić information content (AvgIpc) is 3.71. The van der Waals surface area contributed by atoms with Gasteiger partial charge in [0.25, 0.3) is 5.56 Å². The van der Waals surface area contributed by atoms with Crippen molar-refractivity contribution in [1.29, 1.82) is 0 Å². The van der Waals surface area contributed by atoms with Crippen LogP contribution in [0.3, 0.4) is 0 Å². The lowest BCUT2D eigenvalue weighted by Gasteiger charge is -2.38. The Morgan fingerprint density at radius 2 is 1.42 bits per heavy atom. The SMILES string of the molecule is CCc1c2c(nc3ccc(OC(=O)CCCCCCCCC(=O)Oc4c(C)c(C)c5c(c4C)CCC(C)(CCC[C@H](C)CCC[C@H](C)CCCC(C)C)O5)cc13)-c1cc3c(c(=O)n1C2)COC(=O)[C@]3(O)CC. The maximum Gasteiger partial charge on any atom is 0.343 e. The first-order valence-electron chi connectivity index (χ1n) is 27.7. The van der Waals surface area contributed by atoms with E-state index in [1.165, 1.54) is 56.9 Å². The number of rotatable bonds is 25. The molecule has 72 heavy (non-hydrogen) atoms. The highest BCUT2D eigenvalue weighted by Gasteiger charge is 2.45. The molecule has 0 bridgehead atoms. The molecule has 3 aliphatic heterocycles. The molecule has 0 amide bonds. The predicted octanol–water partition coefficient (Wildman–Crippen LogP) is 13.7. The summed E-state index contributed by atoms with van der Waals surface area (Å²) >= 11 is 0. The van der Waals surface area contributed by atoms with Crippen molar-refractivity contribution in [1.82, 2.24) is 9.55 Å². The number of esters is 3. The summed E-state index contributed by atoms with van der Waals surface area (Å²) in [7, 11) is 0. The summed E-state index contributed by atoms with van der Waals surface area (Å²) in [6.45, 7) is 21.8. The Labute approximate surface area is 429 Å². The topological polar surface area (TPSA) is 143 Å². The van der Waals surface area contributed by atoms with E-state index in [0.717, 1.165) is 108 Å². The van der Waals surface area contributed by atoms with Crippen LogP contribution in [0, 0.1) is 38.5 Å². The third-order valence-electron chi connectivity index (χ3n) is 16.4. The Bertz CT molecular complexity index is 2680. The Kier molecular flexibility index (Phi) is 18.2. The smallest absolute Gasteiger partial charge is 0.343 e. The van der Waals surface area contributed by atoms with Gasteiger partial charge in [-0.25, -0.2) is 9.78 Å². The lowest BCUT2D eigenvalue weighted by atomic mass is 9.83. The van der Waals surface area contributed by atoms with E-state index in [4.69, 9.17) is 23.9 Å². The largest absolute Gasteiger partial charge is 0.487 e. The number of nitrogens with zero attached hydrogens (tertiary/aromatic N) is 2. The Hall–Kier alpha value is -5.03. The summed E-state index contributed by atoms with van der Waals surface area (Å²) in [5.74, 6) is 3.27. The molecule has 392 valence electrons. The van der Waals surface area contributed by atoms with E-state index in [1.807, 2.05) is 26.0 Å². The minimum Gasteiger partial charge on any atom is -0.487 e. The van der Waals surface area contributed by atoms with E-state index in [9.17, 15) is 24.3 Å². The number of unbranched alkanes of at least 4 members (excludes halogenated alkanes) is 5. The van der Waals surface area contributed by atoms with Crippen molar-refractivity contribution in [3.63, 3.8) is 0 Å². The van der Waals surface area contributed by atoms with Crippen LogP contribution < -0.4 is 19.8 Å². The quantitative estimate of drug-likeness (QED) is 0.0341. The third kappa shape index (κ3) is 12.3. The Morgan fingerprint density at radius 1 is 0.778 bits per heavy atom. The van der Waals surface area contributed by atoms with Gasteiger partial charge in [-0.2, -0.15) is 0 Å². The number of benzene rings is 2. The fraction of sp³-hybridized carbons (Fsp3) is 0.623. The van der Waals surface area contributed by atoms with Gasteiger partial charge in [-0.15, -0.1) is 0 Å². The molecule has 0 fully saturated rings. The molecule has 4 aromatic rings. The maximum atomic E-state index is 13.7. The molecule has 0 spiro atoms. The van der Waals surface area contributed by atoms with Gasteiger partial charge in [0, 0.05) is 34.9 Å². The maximum absolute atomic E-state index is 13.7. The Morgan fingerprint density at radius 3 is 2.07 bits per heavy atom. The number of aliphatic hydroxyl groups is 1. The molecule has 0 saturated carbocycles. The number of ether oxygens (including phenoxy) is 4. The number of fused-ring (bicyclic) bond motifs is 6. The standard InChI is InChI=1S/C61H84N2O9/c1-11-45-47-34-44(29-30-51(47)62-55-48(45)36-63-52(55)35-50-49(58(63)66)37-69-59(67)61(50,68)12-2)70-53(64)27-17-15-13-14-16-18-28-54(65)71-56-41(7)42(8)57-46(43(56)9)31-33-60(10,72-57)32-21-26-40(6)25-20-24-39(5)23-19-22-38(3)4/h29-30,34-35,38-40,68H,11-28,31-33,36-37H2,1-10H3/t39-,40-,60?,61+/m1/s1. The van der Waals surface area contributed by atoms with Crippen LogP contribution in [0.2, 0.25) is 0 Å². The molecule has 11 heteroatoms. The highest BCUT2D eigenvalue weighted by Crippen LogP contribution is 2.46. The normalized spacial score (nSPS) is 18.8. The molecular weight excluding hydrogens is 905 g/mol. The van der Waals surface area contributed by atoms with Crippen molar-refractivity contribution in [2.75, 3.05) is 0 Å². The molecule has 0 radical (unpaired) electrons. The number of carbonyl (C=O) groups excluding carboxylic acids is 3.